The van der Waals surface area contributed by atoms with Crippen LogP contribution in [0, 0.1) is 4.91 Å². The van der Waals surface area contributed by atoms with E-state index < -0.39 is 6.04 Å². The zero-order valence-electron chi connectivity index (χ0n) is 10.9. The van der Waals surface area contributed by atoms with Crippen LogP contribution in [0.5, 0.6) is 11.5 Å². The van der Waals surface area contributed by atoms with Gasteiger partial charge in [0.1, 0.15) is 17.5 Å². The van der Waals surface area contributed by atoms with Crippen LogP contribution in [0.2, 0.25) is 0 Å². The van der Waals surface area contributed by atoms with Gasteiger partial charge in [-0.1, -0.05) is 12.1 Å². The highest BCUT2D eigenvalue weighted by molar-refractivity contribution is 5.48. The fourth-order valence-electron chi connectivity index (χ4n) is 2.11. The molecule has 0 saturated carbocycles. The van der Waals surface area contributed by atoms with Crippen LogP contribution in [0.3, 0.4) is 0 Å². The summed E-state index contributed by atoms with van der Waals surface area (Å²) < 4.78 is 11.3. The lowest BCUT2D eigenvalue weighted by atomic mass is 10.00. The molecular formula is C14H19NO3. The van der Waals surface area contributed by atoms with Crippen molar-refractivity contribution < 1.29 is 9.47 Å². The Labute approximate surface area is 107 Å². The summed E-state index contributed by atoms with van der Waals surface area (Å²) in [5, 5.41) is 3.09. The zero-order valence-corrected chi connectivity index (χ0v) is 10.9. The summed E-state index contributed by atoms with van der Waals surface area (Å²) in [6.07, 6.45) is 2.97. The molecule has 1 heterocycles. The van der Waals surface area contributed by atoms with E-state index in [4.69, 9.17) is 9.47 Å². The topological polar surface area (TPSA) is 47.9 Å². The van der Waals surface area contributed by atoms with Crippen LogP contribution in [-0.2, 0) is 6.42 Å². The molecule has 0 amide bonds. The summed E-state index contributed by atoms with van der Waals surface area (Å²) in [7, 11) is 0. The van der Waals surface area contributed by atoms with Gasteiger partial charge in [-0.25, -0.2) is 0 Å². The number of rotatable bonds is 5. The van der Waals surface area contributed by atoms with Gasteiger partial charge < -0.3 is 9.47 Å². The third-order valence-electron chi connectivity index (χ3n) is 3.11. The van der Waals surface area contributed by atoms with Gasteiger partial charge in [0.2, 0.25) is 0 Å². The van der Waals surface area contributed by atoms with Crippen LogP contribution >= 0.6 is 0 Å². The first kappa shape index (κ1) is 12.9. The van der Waals surface area contributed by atoms with Gasteiger partial charge in [0.05, 0.1) is 13.2 Å². The normalized spacial score (nSPS) is 15.4. The molecular weight excluding hydrogens is 230 g/mol. The summed E-state index contributed by atoms with van der Waals surface area (Å²) in [6.45, 7) is 5.22. The first-order valence-corrected chi connectivity index (χ1v) is 6.51. The maximum atomic E-state index is 10.8. The Kier molecular flexibility index (Phi) is 4.18. The predicted molar refractivity (Wildman–Crippen MR) is 70.3 cm³/mol. The van der Waals surface area contributed by atoms with E-state index in [9.17, 15) is 4.91 Å². The van der Waals surface area contributed by atoms with Crippen LogP contribution in [0.25, 0.3) is 0 Å². The Morgan fingerprint density at radius 3 is 3.06 bits per heavy atom. The molecule has 0 bridgehead atoms. The van der Waals surface area contributed by atoms with Crippen molar-refractivity contribution in [2.24, 2.45) is 5.18 Å². The molecule has 1 aromatic carbocycles. The molecule has 0 radical (unpaired) electrons. The molecule has 0 aromatic heterocycles. The van der Waals surface area contributed by atoms with E-state index in [1.54, 1.807) is 6.92 Å². The van der Waals surface area contributed by atoms with Gasteiger partial charge in [0.25, 0.3) is 0 Å². The van der Waals surface area contributed by atoms with Gasteiger partial charge in [0.15, 0.2) is 0 Å². The number of hydrogen-bond donors (Lipinski definition) is 0. The molecule has 0 spiro atoms. The number of fused-ring (bicyclic) bond motifs is 1. The average Bonchev–Trinajstić information content (AvgIpc) is 2.43. The van der Waals surface area contributed by atoms with Crippen molar-refractivity contribution in [2.45, 2.75) is 39.2 Å². The first-order chi connectivity index (χ1) is 8.76. The SMILES string of the molecule is CCCOc1cc2c(cc1C(C)N=O)OCCC2. The molecule has 0 fully saturated rings. The van der Waals surface area contributed by atoms with Crippen LogP contribution in [0.4, 0.5) is 0 Å². The van der Waals surface area contributed by atoms with E-state index in [2.05, 4.69) is 12.1 Å². The molecule has 1 aliphatic rings. The Hall–Kier alpha value is -1.58. The molecule has 18 heavy (non-hydrogen) atoms. The second-order valence-electron chi connectivity index (χ2n) is 4.58. The van der Waals surface area contributed by atoms with Gasteiger partial charge in [-0.15, -0.1) is 0 Å². The zero-order chi connectivity index (χ0) is 13.0. The van der Waals surface area contributed by atoms with Gasteiger partial charge in [-0.3, -0.25) is 0 Å². The highest BCUT2D eigenvalue weighted by atomic mass is 16.5. The van der Waals surface area contributed by atoms with Crippen molar-refractivity contribution in [2.75, 3.05) is 13.2 Å². The fraction of sp³-hybridized carbons (Fsp3) is 0.571. The summed E-state index contributed by atoms with van der Waals surface area (Å²) >= 11 is 0. The quantitative estimate of drug-likeness (QED) is 0.749. The Bertz CT molecular complexity index is 431. The Morgan fingerprint density at radius 1 is 1.50 bits per heavy atom. The van der Waals surface area contributed by atoms with E-state index in [-0.39, 0.29) is 0 Å². The summed E-state index contributed by atoms with van der Waals surface area (Å²) in [5.41, 5.74) is 1.98. The van der Waals surface area contributed by atoms with Crippen molar-refractivity contribution in [1.82, 2.24) is 0 Å². The second kappa shape index (κ2) is 5.85. The number of aryl methyl sites for hydroxylation is 1. The third-order valence-corrected chi connectivity index (χ3v) is 3.11. The molecule has 0 N–H and O–H groups in total. The summed E-state index contributed by atoms with van der Waals surface area (Å²) in [6, 6.07) is 3.50. The second-order valence-corrected chi connectivity index (χ2v) is 4.58. The minimum atomic E-state index is -0.410. The van der Waals surface area contributed by atoms with E-state index in [1.807, 2.05) is 12.1 Å². The number of ether oxygens (including phenoxy) is 2. The third kappa shape index (κ3) is 2.63. The van der Waals surface area contributed by atoms with E-state index in [0.29, 0.717) is 6.61 Å². The number of nitroso groups, excluding NO2 is 1. The lowest BCUT2D eigenvalue weighted by Crippen LogP contribution is -2.10. The summed E-state index contributed by atoms with van der Waals surface area (Å²) in [4.78, 5) is 10.8. The monoisotopic (exact) mass is 249 g/mol. The smallest absolute Gasteiger partial charge is 0.125 e. The average molecular weight is 249 g/mol. The number of hydrogen-bond acceptors (Lipinski definition) is 4. The highest BCUT2D eigenvalue weighted by Crippen LogP contribution is 2.36. The predicted octanol–water partition coefficient (Wildman–Crippen LogP) is 3.63. The molecule has 4 heteroatoms. The molecule has 1 aliphatic heterocycles. The first-order valence-electron chi connectivity index (χ1n) is 6.51. The standard InChI is InChI=1S/C14H19NO3/c1-3-6-17-14-8-11-5-4-7-18-13(11)9-12(14)10(2)15-16/h8-10H,3-7H2,1-2H3. The largest absolute Gasteiger partial charge is 0.493 e. The van der Waals surface area contributed by atoms with E-state index in [0.717, 1.165) is 48.5 Å². The van der Waals surface area contributed by atoms with Crippen LogP contribution in [-0.4, -0.2) is 13.2 Å². The van der Waals surface area contributed by atoms with Gasteiger partial charge in [0, 0.05) is 5.56 Å². The molecule has 0 aliphatic carbocycles. The maximum absolute atomic E-state index is 10.8. The molecule has 4 nitrogen and oxygen atoms in total. The van der Waals surface area contributed by atoms with Crippen molar-refractivity contribution in [3.63, 3.8) is 0 Å². The minimum absolute atomic E-state index is 0.410. The number of nitrogens with zero attached hydrogens (tertiary/aromatic N) is 1. The number of benzene rings is 1. The molecule has 1 aromatic rings. The minimum Gasteiger partial charge on any atom is -0.493 e. The molecule has 0 saturated heterocycles. The Balaban J connectivity index is 2.37. The Morgan fingerprint density at radius 2 is 2.33 bits per heavy atom. The van der Waals surface area contributed by atoms with Gasteiger partial charge >= 0.3 is 0 Å². The lowest BCUT2D eigenvalue weighted by molar-refractivity contribution is 0.282. The fourth-order valence-corrected chi connectivity index (χ4v) is 2.11. The lowest BCUT2D eigenvalue weighted by Gasteiger charge is -2.21. The van der Waals surface area contributed by atoms with Crippen molar-refractivity contribution in [1.29, 1.82) is 0 Å². The molecule has 1 unspecified atom stereocenters. The van der Waals surface area contributed by atoms with Gasteiger partial charge in [-0.05, 0) is 43.9 Å². The summed E-state index contributed by atoms with van der Waals surface area (Å²) in [5.74, 6) is 1.64. The van der Waals surface area contributed by atoms with Gasteiger partial charge in [-0.2, -0.15) is 4.91 Å². The highest BCUT2D eigenvalue weighted by Gasteiger charge is 2.19. The van der Waals surface area contributed by atoms with Crippen molar-refractivity contribution >= 4 is 0 Å². The van der Waals surface area contributed by atoms with Crippen molar-refractivity contribution in [3.8, 4) is 11.5 Å². The van der Waals surface area contributed by atoms with E-state index in [1.165, 1.54) is 0 Å². The van der Waals surface area contributed by atoms with Crippen LogP contribution in [0.15, 0.2) is 17.3 Å². The maximum Gasteiger partial charge on any atom is 0.125 e. The van der Waals surface area contributed by atoms with Crippen molar-refractivity contribution in [3.05, 3.63) is 28.2 Å². The molecule has 98 valence electrons. The molecule has 1 atom stereocenters. The van der Waals surface area contributed by atoms with Crippen LogP contribution in [0.1, 0.15) is 43.9 Å². The molecule has 2 rings (SSSR count). The van der Waals surface area contributed by atoms with E-state index >= 15 is 0 Å². The van der Waals surface area contributed by atoms with Crippen LogP contribution < -0.4 is 9.47 Å².